The molecule has 1 heterocycles. The minimum Gasteiger partial charge on any atom is -0.487 e. The lowest BCUT2D eigenvalue weighted by Crippen LogP contribution is -2.41. The maximum atomic E-state index is 12.5. The molecule has 0 bridgehead atoms. The smallest absolute Gasteiger partial charge is 0.230 e. The molecule has 1 N–H and O–H groups in total. The van der Waals surface area contributed by atoms with E-state index in [0.717, 1.165) is 28.9 Å². The standard InChI is InChI=1S/C21H23Cl2NO2S/c1-13-7-8-19-14(9-13)18(10-21(2,3)26-19)24-20(25)12-27-11-15-16(22)5-4-6-17(15)23/h4-9,18H,10-12H2,1-3H3,(H,24,25). The molecule has 0 aromatic heterocycles. The fourth-order valence-corrected chi connectivity index (χ4v) is 4.83. The average molecular weight is 424 g/mol. The first kappa shape index (κ1) is 20.4. The van der Waals surface area contributed by atoms with Gasteiger partial charge in [0.15, 0.2) is 0 Å². The molecular weight excluding hydrogens is 401 g/mol. The number of halogens is 2. The van der Waals surface area contributed by atoms with E-state index in [9.17, 15) is 4.79 Å². The van der Waals surface area contributed by atoms with Crippen LogP contribution in [0.25, 0.3) is 0 Å². The van der Waals surface area contributed by atoms with Gasteiger partial charge in [-0.2, -0.15) is 0 Å². The van der Waals surface area contributed by atoms with Crippen LogP contribution >= 0.6 is 35.0 Å². The topological polar surface area (TPSA) is 38.3 Å². The predicted molar refractivity (Wildman–Crippen MR) is 114 cm³/mol. The van der Waals surface area contributed by atoms with Gasteiger partial charge in [0, 0.05) is 27.8 Å². The fraction of sp³-hybridized carbons (Fsp3) is 0.381. The Morgan fingerprint density at radius 3 is 2.67 bits per heavy atom. The molecule has 0 saturated carbocycles. The second kappa shape index (κ2) is 8.34. The summed E-state index contributed by atoms with van der Waals surface area (Å²) in [4.78, 5) is 12.5. The first-order valence-corrected chi connectivity index (χ1v) is 10.8. The number of carbonyl (C=O) groups excluding carboxylic acids is 1. The Morgan fingerprint density at radius 2 is 1.96 bits per heavy atom. The molecule has 0 fully saturated rings. The summed E-state index contributed by atoms with van der Waals surface area (Å²) >= 11 is 13.9. The molecule has 27 heavy (non-hydrogen) atoms. The summed E-state index contributed by atoms with van der Waals surface area (Å²) in [5.74, 6) is 1.79. The Kier molecular flexibility index (Phi) is 6.29. The van der Waals surface area contributed by atoms with Crippen molar-refractivity contribution < 1.29 is 9.53 Å². The first-order valence-electron chi connectivity index (χ1n) is 8.85. The van der Waals surface area contributed by atoms with Gasteiger partial charge in [-0.1, -0.05) is 47.0 Å². The van der Waals surface area contributed by atoms with Crippen LogP contribution in [0.2, 0.25) is 10.0 Å². The van der Waals surface area contributed by atoms with Crippen molar-refractivity contribution in [1.29, 1.82) is 0 Å². The number of carbonyl (C=O) groups is 1. The van der Waals surface area contributed by atoms with Crippen LogP contribution in [0.1, 0.15) is 43.0 Å². The molecule has 0 aliphatic carbocycles. The van der Waals surface area contributed by atoms with Gasteiger partial charge in [-0.05, 0) is 44.5 Å². The van der Waals surface area contributed by atoms with Crippen LogP contribution in [-0.2, 0) is 10.5 Å². The number of aryl methyl sites for hydroxylation is 1. The van der Waals surface area contributed by atoms with Crippen molar-refractivity contribution in [2.75, 3.05) is 5.75 Å². The van der Waals surface area contributed by atoms with E-state index in [-0.39, 0.29) is 17.6 Å². The zero-order valence-electron chi connectivity index (χ0n) is 15.6. The number of rotatable bonds is 5. The van der Waals surface area contributed by atoms with Gasteiger partial charge in [-0.25, -0.2) is 0 Å². The fourth-order valence-electron chi connectivity index (χ4n) is 3.25. The van der Waals surface area contributed by atoms with Gasteiger partial charge in [-0.3, -0.25) is 4.79 Å². The molecule has 3 rings (SSSR count). The van der Waals surface area contributed by atoms with E-state index in [4.69, 9.17) is 27.9 Å². The van der Waals surface area contributed by atoms with Crippen LogP contribution in [0.4, 0.5) is 0 Å². The molecule has 0 spiro atoms. The average Bonchev–Trinajstić information content (AvgIpc) is 2.57. The minimum absolute atomic E-state index is 0.00154. The number of nitrogens with one attached hydrogen (secondary N) is 1. The molecule has 144 valence electrons. The van der Waals surface area contributed by atoms with Gasteiger partial charge >= 0.3 is 0 Å². The van der Waals surface area contributed by atoms with Gasteiger partial charge in [0.25, 0.3) is 0 Å². The maximum absolute atomic E-state index is 12.5. The van der Waals surface area contributed by atoms with Gasteiger partial charge in [-0.15, -0.1) is 11.8 Å². The third-order valence-electron chi connectivity index (χ3n) is 4.50. The number of fused-ring (bicyclic) bond motifs is 1. The minimum atomic E-state index is -0.321. The monoisotopic (exact) mass is 423 g/mol. The summed E-state index contributed by atoms with van der Waals surface area (Å²) in [5, 5.41) is 4.43. The van der Waals surface area contributed by atoms with Crippen LogP contribution in [0.5, 0.6) is 5.75 Å². The summed E-state index contributed by atoms with van der Waals surface area (Å²) in [7, 11) is 0. The predicted octanol–water partition coefficient (Wildman–Crippen LogP) is 5.95. The van der Waals surface area contributed by atoms with Crippen molar-refractivity contribution in [3.63, 3.8) is 0 Å². The molecule has 1 unspecified atom stereocenters. The second-order valence-corrected chi connectivity index (χ2v) is 9.22. The Balaban J connectivity index is 1.63. The highest BCUT2D eigenvalue weighted by Gasteiger charge is 2.34. The molecular formula is C21H23Cl2NO2S. The zero-order chi connectivity index (χ0) is 19.6. The molecule has 0 saturated heterocycles. The van der Waals surface area contributed by atoms with Crippen molar-refractivity contribution in [2.24, 2.45) is 0 Å². The Labute approximate surface area is 174 Å². The van der Waals surface area contributed by atoms with Crippen LogP contribution in [0, 0.1) is 6.92 Å². The van der Waals surface area contributed by atoms with Crippen molar-refractivity contribution in [3.8, 4) is 5.75 Å². The summed E-state index contributed by atoms with van der Waals surface area (Å²) in [6.45, 7) is 6.13. The van der Waals surface area contributed by atoms with Crippen molar-refractivity contribution >= 4 is 40.9 Å². The molecule has 3 nitrogen and oxygen atoms in total. The molecule has 2 aromatic rings. The summed E-state index contributed by atoms with van der Waals surface area (Å²) in [6.07, 6.45) is 0.732. The molecule has 6 heteroatoms. The Bertz CT molecular complexity index is 834. The molecule has 1 amide bonds. The second-order valence-electron chi connectivity index (χ2n) is 7.42. The highest BCUT2D eigenvalue weighted by molar-refractivity contribution is 7.99. The number of benzene rings is 2. The number of hydrogen-bond acceptors (Lipinski definition) is 3. The van der Waals surface area contributed by atoms with Crippen LogP contribution in [0.3, 0.4) is 0 Å². The van der Waals surface area contributed by atoms with E-state index in [1.807, 2.05) is 51.1 Å². The lowest BCUT2D eigenvalue weighted by molar-refractivity contribution is -0.119. The quantitative estimate of drug-likeness (QED) is 0.644. The highest BCUT2D eigenvalue weighted by Crippen LogP contribution is 2.40. The van der Waals surface area contributed by atoms with Gasteiger partial charge in [0.05, 0.1) is 11.8 Å². The van der Waals surface area contributed by atoms with E-state index in [1.54, 1.807) is 0 Å². The zero-order valence-corrected chi connectivity index (χ0v) is 18.0. The molecule has 0 radical (unpaired) electrons. The summed E-state index contributed by atoms with van der Waals surface area (Å²) in [5.41, 5.74) is 2.74. The number of ether oxygens (including phenoxy) is 1. The molecule has 1 atom stereocenters. The van der Waals surface area contributed by atoms with Crippen LogP contribution in [0.15, 0.2) is 36.4 Å². The van der Waals surface area contributed by atoms with Crippen molar-refractivity contribution in [2.45, 2.75) is 44.6 Å². The van der Waals surface area contributed by atoms with Crippen LogP contribution in [-0.4, -0.2) is 17.3 Å². The van der Waals surface area contributed by atoms with Gasteiger partial charge in [0.1, 0.15) is 11.4 Å². The summed E-state index contributed by atoms with van der Waals surface area (Å²) < 4.78 is 6.07. The maximum Gasteiger partial charge on any atom is 0.230 e. The van der Waals surface area contributed by atoms with E-state index in [1.165, 1.54) is 11.8 Å². The number of amides is 1. The van der Waals surface area contributed by atoms with E-state index in [0.29, 0.717) is 21.6 Å². The highest BCUT2D eigenvalue weighted by atomic mass is 35.5. The summed E-state index contributed by atoms with van der Waals surface area (Å²) in [6, 6.07) is 11.5. The van der Waals surface area contributed by atoms with E-state index >= 15 is 0 Å². The lowest BCUT2D eigenvalue weighted by Gasteiger charge is -2.38. The SMILES string of the molecule is Cc1ccc2c(c1)C(NC(=O)CSCc1c(Cl)cccc1Cl)CC(C)(C)O2. The van der Waals surface area contributed by atoms with E-state index < -0.39 is 0 Å². The van der Waals surface area contributed by atoms with Crippen molar-refractivity contribution in [1.82, 2.24) is 5.32 Å². The lowest BCUT2D eigenvalue weighted by atomic mass is 9.89. The van der Waals surface area contributed by atoms with Gasteiger partial charge < -0.3 is 10.1 Å². The molecule has 1 aliphatic rings. The number of thioether (sulfide) groups is 1. The Hall–Kier alpha value is -1.36. The largest absolute Gasteiger partial charge is 0.487 e. The third-order valence-corrected chi connectivity index (χ3v) is 6.17. The van der Waals surface area contributed by atoms with Crippen molar-refractivity contribution in [3.05, 3.63) is 63.1 Å². The molecule has 2 aromatic carbocycles. The normalized spacial score (nSPS) is 17.7. The van der Waals surface area contributed by atoms with Gasteiger partial charge in [0.2, 0.25) is 5.91 Å². The molecule has 1 aliphatic heterocycles. The third kappa shape index (κ3) is 5.13. The first-order chi connectivity index (χ1) is 12.7. The number of hydrogen-bond donors (Lipinski definition) is 1. The Morgan fingerprint density at radius 1 is 1.26 bits per heavy atom. The van der Waals surface area contributed by atoms with E-state index in [2.05, 4.69) is 11.4 Å². The van der Waals surface area contributed by atoms with Crippen LogP contribution < -0.4 is 10.1 Å².